The Morgan fingerprint density at radius 3 is 2.52 bits per heavy atom. The van der Waals surface area contributed by atoms with Gasteiger partial charge in [0.1, 0.15) is 29.2 Å². The summed E-state index contributed by atoms with van der Waals surface area (Å²) in [5.74, 6) is 1.21. The molecule has 0 amide bonds. The maximum absolute atomic E-state index is 8.94. The van der Waals surface area contributed by atoms with Gasteiger partial charge in [-0.15, -0.1) is 12.6 Å². The molecule has 0 aromatic heterocycles. The number of hydrogen-bond acceptors (Lipinski definition) is 4. The Hall–Kier alpha value is -2.69. The molecule has 1 aliphatic heterocycles. The average Bonchev–Trinajstić information content (AvgIpc) is 2.47. The van der Waals surface area contributed by atoms with Crippen molar-refractivity contribution in [3.05, 3.63) is 70.7 Å². The van der Waals surface area contributed by atoms with Crippen LogP contribution in [0.4, 0.5) is 0 Å². The van der Waals surface area contributed by atoms with Crippen molar-refractivity contribution >= 4 is 18.7 Å². The number of thiol groups is 1. The van der Waals surface area contributed by atoms with Gasteiger partial charge >= 0.3 is 0 Å². The highest BCUT2D eigenvalue weighted by Gasteiger charge is 2.10. The fraction of sp³-hybridized carbons (Fsp3) is 0.0588. The van der Waals surface area contributed by atoms with E-state index in [4.69, 9.17) is 15.3 Å². The first kappa shape index (κ1) is 14.7. The minimum Gasteiger partial charge on any atom is -0.462 e. The monoisotopic (exact) mass is 292 g/mol. The highest BCUT2D eigenvalue weighted by Crippen LogP contribution is 2.23. The lowest BCUT2D eigenvalue weighted by Crippen LogP contribution is -1.97. The van der Waals surface area contributed by atoms with E-state index in [-0.39, 0.29) is 5.57 Å². The first-order valence-electron chi connectivity index (χ1n) is 6.22. The molecule has 4 heteroatoms. The van der Waals surface area contributed by atoms with Crippen LogP contribution in [0.3, 0.4) is 0 Å². The lowest BCUT2D eigenvalue weighted by Gasteiger charge is -2.13. The van der Waals surface area contributed by atoms with E-state index >= 15 is 0 Å². The quantitative estimate of drug-likeness (QED) is 0.658. The Balaban J connectivity index is 2.34. The standard InChI is InChI=1S/C17H12N2OS/c1-12-8-14(15(10-18)11-19)9-16(20-12)7-6-13-4-2-3-5-17(13)21/h2-9,21H,1H3/b7-6+. The molecule has 0 bridgehead atoms. The minimum absolute atomic E-state index is 0.0677. The van der Waals surface area contributed by atoms with Gasteiger partial charge in [-0.25, -0.2) is 0 Å². The Labute approximate surface area is 129 Å². The molecule has 0 aliphatic carbocycles. The fourth-order valence-corrected chi connectivity index (χ4v) is 2.07. The predicted octanol–water partition coefficient (Wildman–Crippen LogP) is 4.15. The van der Waals surface area contributed by atoms with Gasteiger partial charge in [0.25, 0.3) is 0 Å². The second-order valence-corrected chi connectivity index (χ2v) is 4.83. The number of nitrogens with zero attached hydrogens (tertiary/aromatic N) is 2. The third-order valence-corrected chi connectivity index (χ3v) is 3.22. The molecule has 2 rings (SSSR count). The average molecular weight is 292 g/mol. The maximum atomic E-state index is 8.94. The van der Waals surface area contributed by atoms with Crippen LogP contribution in [0.5, 0.6) is 0 Å². The molecule has 1 aromatic carbocycles. The van der Waals surface area contributed by atoms with E-state index in [0.717, 1.165) is 10.5 Å². The molecule has 1 aromatic rings. The summed E-state index contributed by atoms with van der Waals surface area (Å²) in [6, 6.07) is 11.4. The van der Waals surface area contributed by atoms with E-state index in [1.54, 1.807) is 25.2 Å². The molecule has 21 heavy (non-hydrogen) atoms. The van der Waals surface area contributed by atoms with Gasteiger partial charge in [-0.2, -0.15) is 10.5 Å². The van der Waals surface area contributed by atoms with Crippen LogP contribution in [-0.4, -0.2) is 0 Å². The lowest BCUT2D eigenvalue weighted by molar-refractivity contribution is 0.318. The van der Waals surface area contributed by atoms with Crippen LogP contribution >= 0.6 is 12.6 Å². The molecule has 0 saturated carbocycles. The number of benzene rings is 1. The van der Waals surface area contributed by atoms with Crippen molar-refractivity contribution in [2.75, 3.05) is 0 Å². The molecular weight excluding hydrogens is 280 g/mol. The van der Waals surface area contributed by atoms with Gasteiger partial charge in [-0.1, -0.05) is 24.3 Å². The van der Waals surface area contributed by atoms with Gasteiger partial charge in [0.05, 0.1) is 0 Å². The van der Waals surface area contributed by atoms with Gasteiger partial charge in [-0.05, 0) is 36.8 Å². The number of nitriles is 2. The summed E-state index contributed by atoms with van der Waals surface area (Å²) in [4.78, 5) is 0.864. The first-order valence-corrected chi connectivity index (χ1v) is 6.67. The van der Waals surface area contributed by atoms with Crippen LogP contribution in [-0.2, 0) is 4.74 Å². The van der Waals surface area contributed by atoms with Crippen LogP contribution in [0.2, 0.25) is 0 Å². The molecule has 0 saturated heterocycles. The van der Waals surface area contributed by atoms with E-state index in [0.29, 0.717) is 17.1 Å². The highest BCUT2D eigenvalue weighted by atomic mass is 32.1. The van der Waals surface area contributed by atoms with Crippen molar-refractivity contribution < 1.29 is 4.74 Å². The number of rotatable bonds is 2. The topological polar surface area (TPSA) is 56.8 Å². The van der Waals surface area contributed by atoms with Crippen LogP contribution in [0, 0.1) is 22.7 Å². The second kappa shape index (κ2) is 6.65. The van der Waals surface area contributed by atoms with E-state index in [2.05, 4.69) is 12.6 Å². The summed E-state index contributed by atoms with van der Waals surface area (Å²) in [6.07, 6.45) is 7.01. The summed E-state index contributed by atoms with van der Waals surface area (Å²) in [7, 11) is 0. The molecule has 1 aliphatic rings. The minimum atomic E-state index is 0.0677. The zero-order chi connectivity index (χ0) is 15.2. The predicted molar refractivity (Wildman–Crippen MR) is 83.9 cm³/mol. The van der Waals surface area contributed by atoms with Crippen molar-refractivity contribution in [2.24, 2.45) is 0 Å². The van der Waals surface area contributed by atoms with E-state index < -0.39 is 0 Å². The second-order valence-electron chi connectivity index (χ2n) is 4.35. The van der Waals surface area contributed by atoms with Crippen molar-refractivity contribution in [3.8, 4) is 12.1 Å². The third-order valence-electron chi connectivity index (χ3n) is 2.81. The smallest absolute Gasteiger partial charge is 0.137 e. The van der Waals surface area contributed by atoms with Gasteiger partial charge in [0, 0.05) is 10.5 Å². The Bertz CT molecular complexity index is 755. The normalized spacial score (nSPS) is 13.8. The third kappa shape index (κ3) is 3.66. The van der Waals surface area contributed by atoms with Gasteiger partial charge in [0.15, 0.2) is 0 Å². The number of ether oxygens (including phenoxy) is 1. The number of allylic oxidation sites excluding steroid dienone is 6. The van der Waals surface area contributed by atoms with Crippen molar-refractivity contribution in [2.45, 2.75) is 11.8 Å². The van der Waals surface area contributed by atoms with Gasteiger partial charge in [0.2, 0.25) is 0 Å². The van der Waals surface area contributed by atoms with Crippen LogP contribution in [0.25, 0.3) is 6.08 Å². The zero-order valence-electron chi connectivity index (χ0n) is 11.4. The molecule has 0 N–H and O–H groups in total. The molecule has 0 spiro atoms. The van der Waals surface area contributed by atoms with Crippen LogP contribution in [0.15, 0.2) is 70.1 Å². The van der Waals surface area contributed by atoms with Gasteiger partial charge < -0.3 is 4.74 Å². The Morgan fingerprint density at radius 2 is 1.86 bits per heavy atom. The molecular formula is C17H12N2OS. The summed E-state index contributed by atoms with van der Waals surface area (Å²) in [5, 5.41) is 17.9. The van der Waals surface area contributed by atoms with E-state index in [1.165, 1.54) is 0 Å². The Morgan fingerprint density at radius 1 is 1.14 bits per heavy atom. The molecule has 102 valence electrons. The highest BCUT2D eigenvalue weighted by molar-refractivity contribution is 7.80. The fourth-order valence-electron chi connectivity index (χ4n) is 1.84. The zero-order valence-corrected chi connectivity index (χ0v) is 12.3. The summed E-state index contributed by atoms with van der Waals surface area (Å²) in [6.45, 7) is 1.78. The number of hydrogen-bond donors (Lipinski definition) is 1. The van der Waals surface area contributed by atoms with Gasteiger partial charge in [-0.3, -0.25) is 0 Å². The van der Waals surface area contributed by atoms with E-state index in [9.17, 15) is 0 Å². The summed E-state index contributed by atoms with van der Waals surface area (Å²) < 4.78 is 5.57. The molecule has 3 nitrogen and oxygen atoms in total. The van der Waals surface area contributed by atoms with Crippen LogP contribution in [0.1, 0.15) is 12.5 Å². The first-order chi connectivity index (χ1) is 10.1. The summed E-state index contributed by atoms with van der Waals surface area (Å²) >= 11 is 4.38. The molecule has 0 fully saturated rings. The molecule has 0 radical (unpaired) electrons. The largest absolute Gasteiger partial charge is 0.462 e. The van der Waals surface area contributed by atoms with Crippen molar-refractivity contribution in [3.63, 3.8) is 0 Å². The molecule has 1 heterocycles. The molecule has 0 unspecified atom stereocenters. The van der Waals surface area contributed by atoms with E-state index in [1.807, 2.05) is 42.5 Å². The molecule has 0 atom stereocenters. The van der Waals surface area contributed by atoms with Crippen molar-refractivity contribution in [1.82, 2.24) is 0 Å². The Kier molecular flexibility index (Phi) is 4.66. The lowest BCUT2D eigenvalue weighted by atomic mass is 10.1. The SMILES string of the molecule is CC1=CC(=C(C#N)C#N)C=C(/C=C/c2ccccc2S)O1. The van der Waals surface area contributed by atoms with Crippen LogP contribution < -0.4 is 0 Å². The maximum Gasteiger partial charge on any atom is 0.137 e. The van der Waals surface area contributed by atoms with Crippen molar-refractivity contribution in [1.29, 1.82) is 10.5 Å². The summed E-state index contributed by atoms with van der Waals surface area (Å²) in [5.41, 5.74) is 1.59.